The Morgan fingerprint density at radius 1 is 1.36 bits per heavy atom. The van der Waals surface area contributed by atoms with Crippen LogP contribution in [0.3, 0.4) is 0 Å². The quantitative estimate of drug-likeness (QED) is 0.554. The molecule has 0 radical (unpaired) electrons. The molecule has 0 amide bonds. The van der Waals surface area contributed by atoms with Crippen LogP contribution < -0.4 is 0 Å². The first-order valence-electron chi connectivity index (χ1n) is 4.56. The molecule has 0 saturated heterocycles. The summed E-state index contributed by atoms with van der Waals surface area (Å²) >= 11 is 1.81. The molecule has 1 heterocycles. The number of fused-ring (bicyclic) bond motifs is 1. The molecule has 0 N–H and O–H groups in total. The lowest BCUT2D eigenvalue weighted by Gasteiger charge is -1.92. The second-order valence-electron chi connectivity index (χ2n) is 3.05. The number of para-hydroxylation sites is 1. The zero-order valence-corrected chi connectivity index (χ0v) is 8.72. The monoisotopic (exact) mass is 204 g/mol. The molecule has 2 aromatic rings. The van der Waals surface area contributed by atoms with E-state index in [1.165, 1.54) is 5.39 Å². The van der Waals surface area contributed by atoms with Gasteiger partial charge < -0.3 is 4.42 Å². The number of thioether (sulfide) groups is 1. The van der Waals surface area contributed by atoms with Crippen molar-refractivity contribution in [3.05, 3.63) is 48.7 Å². The molecule has 2 heteroatoms. The van der Waals surface area contributed by atoms with E-state index in [-0.39, 0.29) is 0 Å². The molecule has 0 saturated carbocycles. The van der Waals surface area contributed by atoms with E-state index >= 15 is 0 Å². The molecule has 0 atom stereocenters. The van der Waals surface area contributed by atoms with Gasteiger partial charge in [0.15, 0.2) is 0 Å². The molecule has 0 aliphatic heterocycles. The van der Waals surface area contributed by atoms with Crippen molar-refractivity contribution in [2.45, 2.75) is 5.75 Å². The van der Waals surface area contributed by atoms with Crippen molar-refractivity contribution in [1.29, 1.82) is 0 Å². The Balaban J connectivity index is 2.14. The standard InChI is InChI=1S/C12H12OS/c1-2-7-14-9-11-8-10-5-3-4-6-12(10)13-11/h2-6,8H,1,7,9H2. The van der Waals surface area contributed by atoms with Gasteiger partial charge in [0, 0.05) is 11.1 Å². The van der Waals surface area contributed by atoms with Gasteiger partial charge in [-0.3, -0.25) is 0 Å². The molecule has 1 nitrogen and oxygen atoms in total. The lowest BCUT2D eigenvalue weighted by atomic mass is 10.2. The van der Waals surface area contributed by atoms with E-state index in [1.807, 2.05) is 36.0 Å². The van der Waals surface area contributed by atoms with Crippen LogP contribution in [-0.4, -0.2) is 5.75 Å². The fraction of sp³-hybridized carbons (Fsp3) is 0.167. The first kappa shape index (κ1) is 9.41. The van der Waals surface area contributed by atoms with Crippen LogP contribution in [0.25, 0.3) is 11.0 Å². The Hall–Kier alpha value is -1.15. The summed E-state index contributed by atoms with van der Waals surface area (Å²) in [7, 11) is 0. The van der Waals surface area contributed by atoms with E-state index < -0.39 is 0 Å². The topological polar surface area (TPSA) is 13.1 Å². The predicted molar refractivity (Wildman–Crippen MR) is 62.6 cm³/mol. The van der Waals surface area contributed by atoms with Gasteiger partial charge in [0.2, 0.25) is 0 Å². The molecule has 14 heavy (non-hydrogen) atoms. The Morgan fingerprint density at radius 2 is 2.21 bits per heavy atom. The Kier molecular flexibility index (Phi) is 2.94. The van der Waals surface area contributed by atoms with Gasteiger partial charge in [0.05, 0.1) is 5.75 Å². The van der Waals surface area contributed by atoms with Crippen molar-refractivity contribution >= 4 is 22.7 Å². The number of benzene rings is 1. The summed E-state index contributed by atoms with van der Waals surface area (Å²) in [5.41, 5.74) is 0.974. The van der Waals surface area contributed by atoms with Gasteiger partial charge in [-0.05, 0) is 12.1 Å². The van der Waals surface area contributed by atoms with Crippen LogP contribution in [0.2, 0.25) is 0 Å². The first-order chi connectivity index (χ1) is 6.90. The maximum atomic E-state index is 5.66. The molecular formula is C12H12OS. The number of furan rings is 1. The zero-order chi connectivity index (χ0) is 9.80. The number of hydrogen-bond acceptors (Lipinski definition) is 2. The van der Waals surface area contributed by atoms with Gasteiger partial charge in [-0.25, -0.2) is 0 Å². The second kappa shape index (κ2) is 4.38. The fourth-order valence-electron chi connectivity index (χ4n) is 1.35. The van der Waals surface area contributed by atoms with Crippen molar-refractivity contribution in [3.63, 3.8) is 0 Å². The van der Waals surface area contributed by atoms with Gasteiger partial charge in [0.25, 0.3) is 0 Å². The largest absolute Gasteiger partial charge is 0.460 e. The molecule has 2 rings (SSSR count). The summed E-state index contributed by atoms with van der Waals surface area (Å²) in [6, 6.07) is 10.2. The third-order valence-electron chi connectivity index (χ3n) is 1.96. The third-order valence-corrected chi connectivity index (χ3v) is 2.92. The van der Waals surface area contributed by atoms with Crippen LogP contribution in [-0.2, 0) is 5.75 Å². The molecule has 0 aliphatic carbocycles. The molecular weight excluding hydrogens is 192 g/mol. The van der Waals surface area contributed by atoms with Gasteiger partial charge in [-0.1, -0.05) is 24.3 Å². The van der Waals surface area contributed by atoms with Crippen molar-refractivity contribution in [3.8, 4) is 0 Å². The van der Waals surface area contributed by atoms with E-state index in [0.717, 1.165) is 22.8 Å². The number of rotatable bonds is 4. The van der Waals surface area contributed by atoms with E-state index in [9.17, 15) is 0 Å². The van der Waals surface area contributed by atoms with Crippen LogP contribution in [0.1, 0.15) is 5.76 Å². The second-order valence-corrected chi connectivity index (χ2v) is 4.08. The van der Waals surface area contributed by atoms with Crippen molar-refractivity contribution in [2.75, 3.05) is 5.75 Å². The van der Waals surface area contributed by atoms with Gasteiger partial charge in [0.1, 0.15) is 11.3 Å². The summed E-state index contributed by atoms with van der Waals surface area (Å²) in [6.45, 7) is 3.68. The van der Waals surface area contributed by atoms with Crippen LogP contribution in [0, 0.1) is 0 Å². The lowest BCUT2D eigenvalue weighted by Crippen LogP contribution is -1.75. The minimum absolute atomic E-state index is 0.917. The minimum atomic E-state index is 0.917. The highest BCUT2D eigenvalue weighted by atomic mass is 32.2. The minimum Gasteiger partial charge on any atom is -0.460 e. The molecule has 0 aliphatic rings. The highest BCUT2D eigenvalue weighted by molar-refractivity contribution is 7.98. The molecule has 72 valence electrons. The maximum absolute atomic E-state index is 5.66. The molecule has 0 unspecified atom stereocenters. The number of hydrogen-bond donors (Lipinski definition) is 0. The normalized spacial score (nSPS) is 10.6. The van der Waals surface area contributed by atoms with Crippen molar-refractivity contribution in [2.24, 2.45) is 0 Å². The van der Waals surface area contributed by atoms with Gasteiger partial charge in [-0.2, -0.15) is 0 Å². The van der Waals surface area contributed by atoms with Gasteiger partial charge in [-0.15, -0.1) is 18.3 Å². The maximum Gasteiger partial charge on any atom is 0.134 e. The highest BCUT2D eigenvalue weighted by Crippen LogP contribution is 2.22. The Bertz CT molecular complexity index is 398. The summed E-state index contributed by atoms with van der Waals surface area (Å²) < 4.78 is 5.66. The zero-order valence-electron chi connectivity index (χ0n) is 7.90. The smallest absolute Gasteiger partial charge is 0.134 e. The fourth-order valence-corrected chi connectivity index (χ4v) is 1.98. The summed E-state index contributed by atoms with van der Waals surface area (Å²) in [5, 5.41) is 1.18. The molecule has 0 bridgehead atoms. The summed E-state index contributed by atoms with van der Waals surface area (Å²) in [4.78, 5) is 0. The molecule has 0 spiro atoms. The van der Waals surface area contributed by atoms with Crippen LogP contribution in [0.5, 0.6) is 0 Å². The van der Waals surface area contributed by atoms with Crippen molar-refractivity contribution < 1.29 is 4.42 Å². The van der Waals surface area contributed by atoms with Crippen molar-refractivity contribution in [1.82, 2.24) is 0 Å². The van der Waals surface area contributed by atoms with E-state index in [0.29, 0.717) is 0 Å². The summed E-state index contributed by atoms with van der Waals surface area (Å²) in [6.07, 6.45) is 1.91. The van der Waals surface area contributed by atoms with Crippen LogP contribution >= 0.6 is 11.8 Å². The third kappa shape index (κ3) is 2.02. The predicted octanol–water partition coefficient (Wildman–Crippen LogP) is 3.85. The van der Waals surface area contributed by atoms with Crippen LogP contribution in [0.4, 0.5) is 0 Å². The van der Waals surface area contributed by atoms with E-state index in [2.05, 4.69) is 18.7 Å². The SMILES string of the molecule is C=CCSCc1cc2ccccc2o1. The Morgan fingerprint density at radius 3 is 3.00 bits per heavy atom. The Labute approximate surface area is 87.8 Å². The summed E-state index contributed by atoms with van der Waals surface area (Å²) in [5.74, 6) is 2.93. The van der Waals surface area contributed by atoms with Gasteiger partial charge >= 0.3 is 0 Å². The van der Waals surface area contributed by atoms with E-state index in [4.69, 9.17) is 4.42 Å². The molecule has 0 fully saturated rings. The molecule has 1 aromatic carbocycles. The van der Waals surface area contributed by atoms with Crippen LogP contribution in [0.15, 0.2) is 47.4 Å². The van der Waals surface area contributed by atoms with E-state index in [1.54, 1.807) is 0 Å². The average Bonchev–Trinajstić information content (AvgIpc) is 2.60. The first-order valence-corrected chi connectivity index (χ1v) is 5.72. The highest BCUT2D eigenvalue weighted by Gasteiger charge is 2.01. The lowest BCUT2D eigenvalue weighted by molar-refractivity contribution is 0.574. The average molecular weight is 204 g/mol. The molecule has 1 aromatic heterocycles.